The first-order valence-electron chi connectivity index (χ1n) is 5.30. The third-order valence-corrected chi connectivity index (χ3v) is 3.30. The molecule has 92 valence electrons. The molecule has 1 aromatic heterocycles. The fourth-order valence-electron chi connectivity index (χ4n) is 1.75. The Hall–Kier alpha value is -0.650. The first kappa shape index (κ1) is 12.8. The highest BCUT2D eigenvalue weighted by Crippen LogP contribution is 2.20. The zero-order chi connectivity index (χ0) is 12.4. The van der Waals surface area contributed by atoms with Gasteiger partial charge in [0.15, 0.2) is 0 Å². The van der Waals surface area contributed by atoms with Gasteiger partial charge in [0.2, 0.25) is 0 Å². The molecule has 1 aliphatic heterocycles. The molecule has 0 N–H and O–H groups in total. The fraction of sp³-hybridized carbons (Fsp3) is 0.455. The van der Waals surface area contributed by atoms with Gasteiger partial charge >= 0.3 is 0 Å². The van der Waals surface area contributed by atoms with Gasteiger partial charge in [0.1, 0.15) is 5.15 Å². The molecule has 0 bridgehead atoms. The maximum atomic E-state index is 12.2. The van der Waals surface area contributed by atoms with Crippen molar-refractivity contribution in [3.05, 3.63) is 27.5 Å². The Morgan fingerprint density at radius 3 is 3.18 bits per heavy atom. The minimum atomic E-state index is -0.0982. The number of nitrogens with zero attached hydrogens (tertiary/aromatic N) is 2. The van der Waals surface area contributed by atoms with E-state index in [1.165, 1.54) is 0 Å². The summed E-state index contributed by atoms with van der Waals surface area (Å²) < 4.78 is 6.14. The Labute approximate surface area is 113 Å². The van der Waals surface area contributed by atoms with Crippen molar-refractivity contribution >= 4 is 33.4 Å². The molecule has 17 heavy (non-hydrogen) atoms. The van der Waals surface area contributed by atoms with Gasteiger partial charge in [-0.3, -0.25) is 4.79 Å². The number of pyridine rings is 1. The quantitative estimate of drug-likeness (QED) is 0.746. The van der Waals surface area contributed by atoms with Crippen LogP contribution in [0.25, 0.3) is 0 Å². The molecular formula is C11H12BrClN2O2. The summed E-state index contributed by atoms with van der Waals surface area (Å²) >= 11 is 9.22. The van der Waals surface area contributed by atoms with Gasteiger partial charge in [-0.05, 0) is 28.9 Å². The molecule has 1 atom stereocenters. The third kappa shape index (κ3) is 2.97. The van der Waals surface area contributed by atoms with Crippen LogP contribution >= 0.6 is 27.5 Å². The van der Waals surface area contributed by atoms with Crippen LogP contribution in [0.4, 0.5) is 0 Å². The van der Waals surface area contributed by atoms with Crippen molar-refractivity contribution in [3.8, 4) is 0 Å². The first-order chi connectivity index (χ1) is 8.08. The van der Waals surface area contributed by atoms with Crippen molar-refractivity contribution in [2.24, 2.45) is 0 Å². The molecule has 1 amide bonds. The zero-order valence-corrected chi connectivity index (χ0v) is 11.7. The number of carbonyl (C=O) groups is 1. The Balaban J connectivity index is 2.21. The fourth-order valence-corrected chi connectivity index (χ4v) is 2.26. The standard InChI is InChI=1S/C11H12BrClN2O2/c1-7-6-15(2-3-17-7)11(16)9-4-8(12)5-14-10(9)13/h4-5,7H,2-3,6H2,1H3. The summed E-state index contributed by atoms with van der Waals surface area (Å²) in [5.74, 6) is -0.0982. The summed E-state index contributed by atoms with van der Waals surface area (Å²) in [6.07, 6.45) is 1.63. The van der Waals surface area contributed by atoms with Crippen LogP contribution in [0, 0.1) is 0 Å². The number of halogens is 2. The highest BCUT2D eigenvalue weighted by molar-refractivity contribution is 9.10. The highest BCUT2D eigenvalue weighted by Gasteiger charge is 2.24. The number of aromatic nitrogens is 1. The van der Waals surface area contributed by atoms with E-state index in [-0.39, 0.29) is 17.2 Å². The summed E-state index contributed by atoms with van der Waals surface area (Å²) in [6, 6.07) is 1.69. The Morgan fingerprint density at radius 1 is 1.71 bits per heavy atom. The minimum absolute atomic E-state index is 0.0617. The van der Waals surface area contributed by atoms with Crippen molar-refractivity contribution in [3.63, 3.8) is 0 Å². The highest BCUT2D eigenvalue weighted by atomic mass is 79.9. The van der Waals surface area contributed by atoms with E-state index >= 15 is 0 Å². The molecule has 0 radical (unpaired) electrons. The summed E-state index contributed by atoms with van der Waals surface area (Å²) in [6.45, 7) is 3.68. The van der Waals surface area contributed by atoms with E-state index in [2.05, 4.69) is 20.9 Å². The van der Waals surface area contributed by atoms with E-state index in [9.17, 15) is 4.79 Å². The van der Waals surface area contributed by atoms with E-state index in [1.54, 1.807) is 17.2 Å². The average Bonchev–Trinajstić information content (AvgIpc) is 2.31. The summed E-state index contributed by atoms with van der Waals surface area (Å²) in [7, 11) is 0. The van der Waals surface area contributed by atoms with Gasteiger partial charge in [-0.1, -0.05) is 11.6 Å². The van der Waals surface area contributed by atoms with Crippen molar-refractivity contribution in [1.29, 1.82) is 0 Å². The van der Waals surface area contributed by atoms with Gasteiger partial charge in [0.25, 0.3) is 5.91 Å². The van der Waals surface area contributed by atoms with Gasteiger partial charge in [-0.2, -0.15) is 0 Å². The molecule has 4 nitrogen and oxygen atoms in total. The van der Waals surface area contributed by atoms with Crippen molar-refractivity contribution in [2.45, 2.75) is 13.0 Å². The van der Waals surface area contributed by atoms with E-state index in [0.29, 0.717) is 25.3 Å². The number of hydrogen-bond donors (Lipinski definition) is 0. The second kappa shape index (κ2) is 5.33. The van der Waals surface area contributed by atoms with Crippen LogP contribution in [-0.2, 0) is 4.74 Å². The molecule has 1 saturated heterocycles. The monoisotopic (exact) mass is 318 g/mol. The van der Waals surface area contributed by atoms with E-state index in [4.69, 9.17) is 16.3 Å². The van der Waals surface area contributed by atoms with Crippen molar-refractivity contribution in [2.75, 3.05) is 19.7 Å². The van der Waals surface area contributed by atoms with Crippen molar-refractivity contribution in [1.82, 2.24) is 9.88 Å². The lowest BCUT2D eigenvalue weighted by molar-refractivity contribution is -0.0124. The van der Waals surface area contributed by atoms with E-state index in [0.717, 1.165) is 4.47 Å². The van der Waals surface area contributed by atoms with E-state index < -0.39 is 0 Å². The Bertz CT molecular complexity index is 441. The van der Waals surface area contributed by atoms with Crippen LogP contribution in [0.15, 0.2) is 16.7 Å². The summed E-state index contributed by atoms with van der Waals surface area (Å²) in [5, 5.41) is 0.234. The SMILES string of the molecule is CC1CN(C(=O)c2cc(Br)cnc2Cl)CCO1. The van der Waals surface area contributed by atoms with Crippen LogP contribution in [0.2, 0.25) is 5.15 Å². The Morgan fingerprint density at radius 2 is 2.47 bits per heavy atom. The number of amides is 1. The van der Waals surface area contributed by atoms with Gasteiger partial charge in [-0.25, -0.2) is 4.98 Å². The smallest absolute Gasteiger partial charge is 0.257 e. The second-order valence-electron chi connectivity index (χ2n) is 3.92. The Kier molecular flexibility index (Phi) is 4.01. The summed E-state index contributed by atoms with van der Waals surface area (Å²) in [4.78, 5) is 17.9. The molecule has 1 unspecified atom stereocenters. The molecule has 1 fully saturated rings. The van der Waals surface area contributed by atoms with E-state index in [1.807, 2.05) is 6.92 Å². The normalized spacial score (nSPS) is 20.4. The number of hydrogen-bond acceptors (Lipinski definition) is 3. The number of ether oxygens (including phenoxy) is 1. The maximum absolute atomic E-state index is 12.2. The maximum Gasteiger partial charge on any atom is 0.257 e. The third-order valence-electron chi connectivity index (χ3n) is 2.56. The molecule has 0 aliphatic carbocycles. The largest absolute Gasteiger partial charge is 0.375 e. The van der Waals surface area contributed by atoms with Crippen LogP contribution in [0.3, 0.4) is 0 Å². The van der Waals surface area contributed by atoms with Crippen LogP contribution in [0.5, 0.6) is 0 Å². The average molecular weight is 320 g/mol. The lowest BCUT2D eigenvalue weighted by Gasteiger charge is -2.31. The predicted octanol–water partition coefficient (Wildman–Crippen LogP) is 2.36. The minimum Gasteiger partial charge on any atom is -0.375 e. The van der Waals surface area contributed by atoms with Crippen LogP contribution in [-0.4, -0.2) is 41.6 Å². The molecular weight excluding hydrogens is 307 g/mol. The number of rotatable bonds is 1. The molecule has 6 heteroatoms. The predicted molar refractivity (Wildman–Crippen MR) is 68.3 cm³/mol. The zero-order valence-electron chi connectivity index (χ0n) is 9.32. The topological polar surface area (TPSA) is 42.4 Å². The lowest BCUT2D eigenvalue weighted by Crippen LogP contribution is -2.44. The van der Waals surface area contributed by atoms with Crippen LogP contribution < -0.4 is 0 Å². The molecule has 0 spiro atoms. The van der Waals surface area contributed by atoms with Gasteiger partial charge < -0.3 is 9.64 Å². The first-order valence-corrected chi connectivity index (χ1v) is 6.47. The molecule has 0 saturated carbocycles. The van der Waals surface area contributed by atoms with Crippen molar-refractivity contribution < 1.29 is 9.53 Å². The van der Waals surface area contributed by atoms with Gasteiger partial charge in [0.05, 0.1) is 18.3 Å². The molecule has 2 rings (SSSR count). The lowest BCUT2D eigenvalue weighted by atomic mass is 10.2. The van der Waals surface area contributed by atoms with Crippen LogP contribution in [0.1, 0.15) is 17.3 Å². The molecule has 1 aromatic rings. The molecule has 0 aromatic carbocycles. The molecule has 1 aliphatic rings. The van der Waals surface area contributed by atoms with Gasteiger partial charge in [-0.15, -0.1) is 0 Å². The van der Waals surface area contributed by atoms with Gasteiger partial charge in [0, 0.05) is 23.8 Å². The summed E-state index contributed by atoms with van der Waals surface area (Å²) in [5.41, 5.74) is 0.426. The number of carbonyl (C=O) groups excluding carboxylic acids is 1. The molecule has 2 heterocycles. The second-order valence-corrected chi connectivity index (χ2v) is 5.20. The number of morpholine rings is 1.